The molecule has 0 aromatic carbocycles. The van der Waals surface area contributed by atoms with Gasteiger partial charge >= 0.3 is 0 Å². The third-order valence-electron chi connectivity index (χ3n) is 2.65. The number of rotatable bonds is 3. The highest BCUT2D eigenvalue weighted by molar-refractivity contribution is 7.15. The smallest absolute Gasteiger partial charge is 0.194 e. The molecule has 3 heterocycles. The summed E-state index contributed by atoms with van der Waals surface area (Å²) in [6, 6.07) is 5.86. The van der Waals surface area contributed by atoms with Crippen molar-refractivity contribution in [2.75, 3.05) is 6.54 Å². The number of hydrogen-bond acceptors (Lipinski definition) is 4. The van der Waals surface area contributed by atoms with Crippen LogP contribution in [-0.2, 0) is 6.42 Å². The lowest BCUT2D eigenvalue weighted by atomic mass is 10.2. The molecule has 0 saturated heterocycles. The van der Waals surface area contributed by atoms with Crippen molar-refractivity contribution in [3.63, 3.8) is 0 Å². The normalized spacial score (nSPS) is 11.1. The first-order valence-corrected chi connectivity index (χ1v) is 6.34. The molecule has 86 valence electrons. The van der Waals surface area contributed by atoms with Crippen LogP contribution in [0.2, 0.25) is 0 Å². The summed E-state index contributed by atoms with van der Waals surface area (Å²) in [7, 11) is 0. The van der Waals surface area contributed by atoms with Crippen molar-refractivity contribution < 1.29 is 0 Å². The van der Waals surface area contributed by atoms with Crippen LogP contribution >= 0.6 is 11.3 Å². The number of aromatic nitrogens is 3. The molecule has 0 amide bonds. The molecule has 0 spiro atoms. The number of imidazole rings is 1. The maximum absolute atomic E-state index is 5.67. The van der Waals surface area contributed by atoms with Gasteiger partial charge in [0.1, 0.15) is 5.69 Å². The molecule has 2 N–H and O–H groups in total. The van der Waals surface area contributed by atoms with Crippen molar-refractivity contribution in [2.24, 2.45) is 5.73 Å². The van der Waals surface area contributed by atoms with E-state index in [0.717, 1.165) is 28.5 Å². The predicted molar refractivity (Wildman–Crippen MR) is 69.1 cm³/mol. The molecule has 0 aliphatic rings. The minimum absolute atomic E-state index is 0.615. The summed E-state index contributed by atoms with van der Waals surface area (Å²) in [6.45, 7) is 0.615. The Balaban J connectivity index is 2.21. The predicted octanol–water partition coefficient (Wildman–Crippen LogP) is 1.96. The second-order valence-corrected chi connectivity index (χ2v) is 4.59. The van der Waals surface area contributed by atoms with Gasteiger partial charge in [-0.05, 0) is 18.7 Å². The van der Waals surface area contributed by atoms with Gasteiger partial charge in [0.2, 0.25) is 0 Å². The van der Waals surface area contributed by atoms with Gasteiger partial charge in [-0.25, -0.2) is 4.98 Å². The maximum Gasteiger partial charge on any atom is 0.194 e. The van der Waals surface area contributed by atoms with E-state index in [1.165, 1.54) is 0 Å². The van der Waals surface area contributed by atoms with Gasteiger partial charge in [-0.15, -0.1) is 11.3 Å². The van der Waals surface area contributed by atoms with Crippen LogP contribution in [0.15, 0.2) is 36.0 Å². The maximum atomic E-state index is 5.67. The van der Waals surface area contributed by atoms with Gasteiger partial charge in [-0.1, -0.05) is 6.07 Å². The summed E-state index contributed by atoms with van der Waals surface area (Å²) in [5.41, 5.74) is 8.67. The zero-order valence-corrected chi connectivity index (χ0v) is 10.0. The van der Waals surface area contributed by atoms with Crippen molar-refractivity contribution >= 4 is 16.3 Å². The first-order chi connectivity index (χ1) is 8.40. The van der Waals surface area contributed by atoms with Crippen molar-refractivity contribution in [2.45, 2.75) is 6.42 Å². The molecule has 0 fully saturated rings. The summed E-state index contributed by atoms with van der Waals surface area (Å²) in [5, 5.41) is 2.03. The third-order valence-corrected chi connectivity index (χ3v) is 3.41. The van der Waals surface area contributed by atoms with Crippen LogP contribution in [-0.4, -0.2) is 20.9 Å². The standard InChI is InChI=1S/C12H12N4S/c13-5-4-10-11(9-3-1-2-6-14-9)15-12-16(10)7-8-17-12/h1-3,6-8H,4-5,13H2. The zero-order chi connectivity index (χ0) is 11.7. The third kappa shape index (κ3) is 1.73. The van der Waals surface area contributed by atoms with Crippen LogP contribution in [0.5, 0.6) is 0 Å². The van der Waals surface area contributed by atoms with Crippen LogP contribution in [0.4, 0.5) is 0 Å². The fourth-order valence-corrected chi connectivity index (χ4v) is 2.65. The Morgan fingerprint density at radius 2 is 2.29 bits per heavy atom. The number of fused-ring (bicyclic) bond motifs is 1. The average Bonchev–Trinajstić information content (AvgIpc) is 2.93. The van der Waals surface area contributed by atoms with E-state index in [-0.39, 0.29) is 0 Å². The molecule has 0 atom stereocenters. The Kier molecular flexibility index (Phi) is 2.62. The molecule has 3 aromatic rings. The number of thiazole rings is 1. The molecule has 0 radical (unpaired) electrons. The molecule has 0 bridgehead atoms. The summed E-state index contributed by atoms with van der Waals surface area (Å²) in [5.74, 6) is 0. The van der Waals surface area contributed by atoms with E-state index in [0.29, 0.717) is 6.54 Å². The van der Waals surface area contributed by atoms with E-state index in [2.05, 4.69) is 14.4 Å². The topological polar surface area (TPSA) is 56.2 Å². The van der Waals surface area contributed by atoms with Crippen LogP contribution in [0.3, 0.4) is 0 Å². The second kappa shape index (κ2) is 4.27. The SMILES string of the molecule is NCCc1c(-c2ccccn2)nc2sccn12. The van der Waals surface area contributed by atoms with Gasteiger partial charge < -0.3 is 5.73 Å². The van der Waals surface area contributed by atoms with Crippen molar-refractivity contribution in [1.82, 2.24) is 14.4 Å². The molecular weight excluding hydrogens is 232 g/mol. The molecule has 17 heavy (non-hydrogen) atoms. The molecule has 4 nitrogen and oxygen atoms in total. The van der Waals surface area contributed by atoms with E-state index in [9.17, 15) is 0 Å². The van der Waals surface area contributed by atoms with Crippen molar-refractivity contribution in [3.05, 3.63) is 41.7 Å². The van der Waals surface area contributed by atoms with Gasteiger partial charge in [0.15, 0.2) is 4.96 Å². The van der Waals surface area contributed by atoms with E-state index in [1.807, 2.05) is 29.8 Å². The Labute approximate surface area is 103 Å². The molecule has 3 aromatic heterocycles. The second-order valence-electron chi connectivity index (χ2n) is 3.72. The number of pyridine rings is 1. The fraction of sp³-hybridized carbons (Fsp3) is 0.167. The van der Waals surface area contributed by atoms with Gasteiger partial charge in [-0.3, -0.25) is 9.38 Å². The first kappa shape index (κ1) is 10.4. The van der Waals surface area contributed by atoms with Gasteiger partial charge in [0.25, 0.3) is 0 Å². The van der Waals surface area contributed by atoms with E-state index < -0.39 is 0 Å². The van der Waals surface area contributed by atoms with Crippen LogP contribution in [0.25, 0.3) is 16.3 Å². The molecular formula is C12H12N4S. The summed E-state index contributed by atoms with van der Waals surface area (Å²) < 4.78 is 2.10. The lowest BCUT2D eigenvalue weighted by Gasteiger charge is -2.01. The van der Waals surface area contributed by atoms with Crippen LogP contribution < -0.4 is 5.73 Å². The van der Waals surface area contributed by atoms with Gasteiger partial charge in [0, 0.05) is 24.2 Å². The van der Waals surface area contributed by atoms with Crippen molar-refractivity contribution in [3.8, 4) is 11.4 Å². The Hall–Kier alpha value is -1.72. The number of nitrogens with zero attached hydrogens (tertiary/aromatic N) is 3. The van der Waals surface area contributed by atoms with E-state index in [4.69, 9.17) is 5.73 Å². The van der Waals surface area contributed by atoms with E-state index in [1.54, 1.807) is 17.5 Å². The number of nitrogens with two attached hydrogens (primary N) is 1. The Morgan fingerprint density at radius 3 is 3.06 bits per heavy atom. The van der Waals surface area contributed by atoms with Crippen LogP contribution in [0, 0.1) is 0 Å². The first-order valence-electron chi connectivity index (χ1n) is 5.46. The minimum atomic E-state index is 0.615. The molecule has 0 aliphatic carbocycles. The zero-order valence-electron chi connectivity index (χ0n) is 9.21. The fourth-order valence-electron chi connectivity index (χ4n) is 1.92. The summed E-state index contributed by atoms with van der Waals surface area (Å²) in [6.07, 6.45) is 4.63. The quantitative estimate of drug-likeness (QED) is 0.766. The molecule has 5 heteroatoms. The number of hydrogen-bond donors (Lipinski definition) is 1. The van der Waals surface area contributed by atoms with Crippen molar-refractivity contribution in [1.29, 1.82) is 0 Å². The van der Waals surface area contributed by atoms with Crippen LogP contribution in [0.1, 0.15) is 5.69 Å². The Bertz CT molecular complexity index is 626. The van der Waals surface area contributed by atoms with E-state index >= 15 is 0 Å². The highest BCUT2D eigenvalue weighted by Gasteiger charge is 2.14. The molecule has 3 rings (SSSR count). The highest BCUT2D eigenvalue weighted by Crippen LogP contribution is 2.25. The van der Waals surface area contributed by atoms with Gasteiger partial charge in [-0.2, -0.15) is 0 Å². The lowest BCUT2D eigenvalue weighted by Crippen LogP contribution is -2.06. The largest absolute Gasteiger partial charge is 0.330 e. The molecule has 0 unspecified atom stereocenters. The Morgan fingerprint density at radius 1 is 1.35 bits per heavy atom. The van der Waals surface area contributed by atoms with Gasteiger partial charge in [0.05, 0.1) is 11.4 Å². The molecule has 0 saturated carbocycles. The lowest BCUT2D eigenvalue weighted by molar-refractivity contribution is 0.910. The summed E-state index contributed by atoms with van der Waals surface area (Å²) >= 11 is 1.63. The minimum Gasteiger partial charge on any atom is -0.330 e. The monoisotopic (exact) mass is 244 g/mol. The molecule has 0 aliphatic heterocycles. The summed E-state index contributed by atoms with van der Waals surface area (Å²) in [4.78, 5) is 9.97. The average molecular weight is 244 g/mol. The highest BCUT2D eigenvalue weighted by atomic mass is 32.1.